The molecule has 1 heterocycles. The van der Waals surface area contributed by atoms with Crippen molar-refractivity contribution in [3.05, 3.63) is 44.8 Å². The topological polar surface area (TPSA) is 22.0 Å². The van der Waals surface area contributed by atoms with Crippen LogP contribution in [0, 0.1) is 0 Å². The summed E-state index contributed by atoms with van der Waals surface area (Å²) in [6.45, 7) is 2.10. The molecular formula is C12H12BrNO. The van der Waals surface area contributed by atoms with Gasteiger partial charge in [-0.1, -0.05) is 19.1 Å². The molecule has 2 rings (SSSR count). The van der Waals surface area contributed by atoms with Crippen LogP contribution in [-0.4, -0.2) is 4.57 Å². The number of fused-ring (bicyclic) bond motifs is 1. The summed E-state index contributed by atoms with van der Waals surface area (Å²) in [5.41, 5.74) is 1.25. The quantitative estimate of drug-likeness (QED) is 0.777. The van der Waals surface area contributed by atoms with Crippen molar-refractivity contribution in [2.24, 2.45) is 7.05 Å². The number of aryl methyl sites for hydroxylation is 2. The molecule has 1 aromatic carbocycles. The summed E-state index contributed by atoms with van der Waals surface area (Å²) in [6, 6.07) is 5.87. The summed E-state index contributed by atoms with van der Waals surface area (Å²) in [4.78, 5) is 12.0. The van der Waals surface area contributed by atoms with E-state index in [0.29, 0.717) is 0 Å². The van der Waals surface area contributed by atoms with Crippen molar-refractivity contribution in [1.29, 1.82) is 0 Å². The van der Waals surface area contributed by atoms with Crippen molar-refractivity contribution in [2.75, 3.05) is 0 Å². The van der Waals surface area contributed by atoms with Gasteiger partial charge in [0.25, 0.3) is 5.56 Å². The van der Waals surface area contributed by atoms with Crippen LogP contribution >= 0.6 is 15.9 Å². The molecule has 0 amide bonds. The van der Waals surface area contributed by atoms with Gasteiger partial charge in [0.2, 0.25) is 0 Å². The normalized spacial score (nSPS) is 10.9. The average Bonchev–Trinajstić information content (AvgIpc) is 2.23. The minimum Gasteiger partial charge on any atom is -0.318 e. The molecule has 2 nitrogen and oxygen atoms in total. The standard InChI is InChI=1S/C12H12BrNO/c1-3-8-7-14(2)12(15)11-9(8)5-4-6-10(11)13/h4-7H,3H2,1-2H3. The molecule has 15 heavy (non-hydrogen) atoms. The second-order valence-electron chi connectivity index (χ2n) is 3.59. The van der Waals surface area contributed by atoms with E-state index < -0.39 is 0 Å². The minimum atomic E-state index is 0.0506. The Balaban J connectivity index is 3.03. The Labute approximate surface area is 96.7 Å². The van der Waals surface area contributed by atoms with E-state index in [1.54, 1.807) is 11.6 Å². The zero-order valence-electron chi connectivity index (χ0n) is 8.75. The molecule has 1 aromatic heterocycles. The second-order valence-corrected chi connectivity index (χ2v) is 4.44. The lowest BCUT2D eigenvalue weighted by Gasteiger charge is -2.08. The van der Waals surface area contributed by atoms with Gasteiger partial charge in [0, 0.05) is 17.7 Å². The number of hydrogen-bond donors (Lipinski definition) is 0. The van der Waals surface area contributed by atoms with E-state index >= 15 is 0 Å². The lowest BCUT2D eigenvalue weighted by atomic mass is 10.1. The maximum absolute atomic E-state index is 12.0. The van der Waals surface area contributed by atoms with Crippen LogP contribution in [0.5, 0.6) is 0 Å². The highest BCUT2D eigenvalue weighted by Gasteiger charge is 2.08. The van der Waals surface area contributed by atoms with Crippen molar-refractivity contribution in [1.82, 2.24) is 4.57 Å². The Morgan fingerprint density at radius 2 is 2.13 bits per heavy atom. The Morgan fingerprint density at radius 1 is 1.40 bits per heavy atom. The molecule has 78 valence electrons. The first-order valence-electron chi connectivity index (χ1n) is 4.92. The van der Waals surface area contributed by atoms with Crippen LogP contribution in [0.25, 0.3) is 10.8 Å². The number of aromatic nitrogens is 1. The molecule has 0 bridgehead atoms. The van der Waals surface area contributed by atoms with E-state index in [2.05, 4.69) is 22.9 Å². The summed E-state index contributed by atoms with van der Waals surface area (Å²) < 4.78 is 2.52. The third-order valence-corrected chi connectivity index (χ3v) is 3.28. The zero-order valence-corrected chi connectivity index (χ0v) is 10.3. The van der Waals surface area contributed by atoms with Gasteiger partial charge < -0.3 is 4.57 Å². The summed E-state index contributed by atoms with van der Waals surface area (Å²) in [5.74, 6) is 0. The molecule has 2 aromatic rings. The van der Waals surface area contributed by atoms with Crippen LogP contribution < -0.4 is 5.56 Å². The lowest BCUT2D eigenvalue weighted by molar-refractivity contribution is 0.856. The molecular weight excluding hydrogens is 254 g/mol. The number of benzene rings is 1. The van der Waals surface area contributed by atoms with Gasteiger partial charge in [-0.15, -0.1) is 0 Å². The molecule has 0 saturated carbocycles. The van der Waals surface area contributed by atoms with Crippen molar-refractivity contribution in [3.8, 4) is 0 Å². The molecule has 0 saturated heterocycles. The van der Waals surface area contributed by atoms with Gasteiger partial charge >= 0.3 is 0 Å². The van der Waals surface area contributed by atoms with Crippen molar-refractivity contribution >= 4 is 26.7 Å². The van der Waals surface area contributed by atoms with Gasteiger partial charge in [0.05, 0.1) is 5.39 Å². The Hall–Kier alpha value is -1.09. The smallest absolute Gasteiger partial charge is 0.259 e. The monoisotopic (exact) mass is 265 g/mol. The van der Waals surface area contributed by atoms with Gasteiger partial charge in [-0.3, -0.25) is 4.79 Å². The predicted octanol–water partition coefficient (Wildman–Crippen LogP) is 2.86. The number of halogens is 1. The van der Waals surface area contributed by atoms with E-state index in [-0.39, 0.29) is 5.56 Å². The fraction of sp³-hybridized carbons (Fsp3) is 0.250. The van der Waals surface area contributed by atoms with Crippen molar-refractivity contribution in [3.63, 3.8) is 0 Å². The number of nitrogens with zero attached hydrogens (tertiary/aromatic N) is 1. The molecule has 0 aliphatic rings. The van der Waals surface area contributed by atoms with Crippen LogP contribution in [-0.2, 0) is 13.5 Å². The molecule has 3 heteroatoms. The van der Waals surface area contributed by atoms with Crippen LogP contribution in [0.15, 0.2) is 33.7 Å². The van der Waals surface area contributed by atoms with Gasteiger partial charge in [-0.2, -0.15) is 0 Å². The maximum atomic E-state index is 12.0. The summed E-state index contributed by atoms with van der Waals surface area (Å²) in [7, 11) is 1.79. The first kappa shape index (κ1) is 10.4. The van der Waals surface area contributed by atoms with Crippen LogP contribution in [0.3, 0.4) is 0 Å². The molecule has 0 fully saturated rings. The van der Waals surface area contributed by atoms with Crippen LogP contribution in [0.2, 0.25) is 0 Å². The molecule has 0 unspecified atom stereocenters. The number of hydrogen-bond acceptors (Lipinski definition) is 1. The van der Waals surface area contributed by atoms with Crippen LogP contribution in [0.1, 0.15) is 12.5 Å². The zero-order chi connectivity index (χ0) is 11.0. The van der Waals surface area contributed by atoms with E-state index in [1.165, 1.54) is 5.56 Å². The highest BCUT2D eigenvalue weighted by molar-refractivity contribution is 9.10. The second kappa shape index (κ2) is 3.81. The minimum absolute atomic E-state index is 0.0506. The molecule has 0 aliphatic carbocycles. The molecule has 0 spiro atoms. The van der Waals surface area contributed by atoms with Gasteiger partial charge in [0.15, 0.2) is 0 Å². The van der Waals surface area contributed by atoms with Crippen LogP contribution in [0.4, 0.5) is 0 Å². The number of rotatable bonds is 1. The van der Waals surface area contributed by atoms with E-state index in [4.69, 9.17) is 0 Å². The Kier molecular flexibility index (Phi) is 2.65. The third-order valence-electron chi connectivity index (χ3n) is 2.62. The number of pyridine rings is 1. The molecule has 0 radical (unpaired) electrons. The SMILES string of the molecule is CCc1cn(C)c(=O)c2c(Br)cccc12. The molecule has 0 N–H and O–H groups in total. The maximum Gasteiger partial charge on any atom is 0.259 e. The highest BCUT2D eigenvalue weighted by Crippen LogP contribution is 2.23. The third kappa shape index (κ3) is 1.61. The van der Waals surface area contributed by atoms with Gasteiger partial charge in [0.1, 0.15) is 0 Å². The fourth-order valence-corrected chi connectivity index (χ4v) is 2.36. The van der Waals surface area contributed by atoms with Crippen molar-refractivity contribution in [2.45, 2.75) is 13.3 Å². The van der Waals surface area contributed by atoms with E-state index in [1.807, 2.05) is 24.4 Å². The highest BCUT2D eigenvalue weighted by atomic mass is 79.9. The molecule has 0 aliphatic heterocycles. The first-order valence-corrected chi connectivity index (χ1v) is 5.71. The predicted molar refractivity (Wildman–Crippen MR) is 66.3 cm³/mol. The van der Waals surface area contributed by atoms with Crippen molar-refractivity contribution < 1.29 is 0 Å². The lowest BCUT2D eigenvalue weighted by Crippen LogP contribution is -2.17. The van der Waals surface area contributed by atoms with Gasteiger partial charge in [-0.05, 0) is 39.4 Å². The van der Waals surface area contributed by atoms with Gasteiger partial charge in [-0.25, -0.2) is 0 Å². The summed E-state index contributed by atoms with van der Waals surface area (Å²) in [5, 5.41) is 1.83. The summed E-state index contributed by atoms with van der Waals surface area (Å²) >= 11 is 3.43. The van der Waals surface area contributed by atoms with E-state index in [0.717, 1.165) is 21.7 Å². The summed E-state index contributed by atoms with van der Waals surface area (Å²) in [6.07, 6.45) is 2.85. The first-order chi connectivity index (χ1) is 7.15. The average molecular weight is 266 g/mol. The Bertz CT molecular complexity index is 572. The molecule has 0 atom stereocenters. The van der Waals surface area contributed by atoms with E-state index in [9.17, 15) is 4.79 Å². The largest absolute Gasteiger partial charge is 0.318 e. The fourth-order valence-electron chi connectivity index (χ4n) is 1.83. The Morgan fingerprint density at radius 3 is 2.80 bits per heavy atom.